The molecule has 32 heavy (non-hydrogen) atoms. The van der Waals surface area contributed by atoms with E-state index in [1.807, 2.05) is 48.5 Å². The van der Waals surface area contributed by atoms with Crippen molar-refractivity contribution in [3.05, 3.63) is 71.8 Å². The van der Waals surface area contributed by atoms with Gasteiger partial charge in [-0.3, -0.25) is 14.4 Å². The van der Waals surface area contributed by atoms with Gasteiger partial charge in [-0.05, 0) is 43.2 Å². The van der Waals surface area contributed by atoms with Crippen molar-refractivity contribution in [1.82, 2.24) is 10.6 Å². The van der Waals surface area contributed by atoms with Crippen molar-refractivity contribution < 1.29 is 14.4 Å². The smallest absolute Gasteiger partial charge is 0.239 e. The second-order valence-corrected chi connectivity index (χ2v) is 8.60. The minimum atomic E-state index is -0.372. The molecule has 3 atom stereocenters. The highest BCUT2D eigenvalue weighted by Crippen LogP contribution is 2.24. The Balaban J connectivity index is 1.56. The van der Waals surface area contributed by atoms with Gasteiger partial charge in [-0.25, -0.2) is 0 Å². The van der Waals surface area contributed by atoms with Gasteiger partial charge in [0.1, 0.15) is 0 Å². The molecule has 0 aliphatic heterocycles. The van der Waals surface area contributed by atoms with Crippen LogP contribution in [0.2, 0.25) is 0 Å². The fourth-order valence-corrected chi connectivity index (χ4v) is 4.42. The van der Waals surface area contributed by atoms with Crippen LogP contribution in [0, 0.1) is 11.8 Å². The number of benzene rings is 2. The lowest BCUT2D eigenvalue weighted by Crippen LogP contribution is -2.50. The Labute approximate surface area is 190 Å². The van der Waals surface area contributed by atoms with Crippen LogP contribution < -0.4 is 16.4 Å². The Morgan fingerprint density at radius 2 is 1.53 bits per heavy atom. The molecular formula is C26H33N3O3. The predicted octanol–water partition coefficient (Wildman–Crippen LogP) is 2.75. The van der Waals surface area contributed by atoms with E-state index in [0.717, 1.165) is 31.2 Å². The monoisotopic (exact) mass is 435 g/mol. The average Bonchev–Trinajstić information content (AvgIpc) is 2.81. The topological polar surface area (TPSA) is 101 Å². The van der Waals surface area contributed by atoms with Crippen molar-refractivity contribution in [3.8, 4) is 0 Å². The highest BCUT2D eigenvalue weighted by Gasteiger charge is 2.30. The van der Waals surface area contributed by atoms with Crippen LogP contribution in [-0.2, 0) is 27.2 Å². The van der Waals surface area contributed by atoms with Gasteiger partial charge >= 0.3 is 0 Å². The molecule has 0 saturated heterocycles. The van der Waals surface area contributed by atoms with Crippen LogP contribution in [0.25, 0.3) is 0 Å². The van der Waals surface area contributed by atoms with Crippen molar-refractivity contribution in [3.63, 3.8) is 0 Å². The molecule has 4 N–H and O–H groups in total. The maximum absolute atomic E-state index is 13.0. The van der Waals surface area contributed by atoms with Gasteiger partial charge in [-0.2, -0.15) is 0 Å². The number of carbonyl (C=O) groups excluding carboxylic acids is 3. The van der Waals surface area contributed by atoms with Crippen LogP contribution in [0.1, 0.15) is 43.2 Å². The van der Waals surface area contributed by atoms with Crippen molar-refractivity contribution in [2.24, 2.45) is 17.6 Å². The van der Waals surface area contributed by atoms with Crippen molar-refractivity contribution in [2.75, 3.05) is 6.54 Å². The molecule has 1 aliphatic rings. The predicted molar refractivity (Wildman–Crippen MR) is 124 cm³/mol. The van der Waals surface area contributed by atoms with Crippen molar-refractivity contribution in [2.45, 2.75) is 51.0 Å². The van der Waals surface area contributed by atoms with Crippen LogP contribution in [0.5, 0.6) is 0 Å². The summed E-state index contributed by atoms with van der Waals surface area (Å²) >= 11 is 0. The van der Waals surface area contributed by atoms with Crippen LogP contribution in [0.15, 0.2) is 60.7 Å². The van der Waals surface area contributed by atoms with Crippen LogP contribution in [-0.4, -0.2) is 30.3 Å². The lowest BCUT2D eigenvalue weighted by atomic mass is 9.84. The van der Waals surface area contributed by atoms with E-state index in [-0.39, 0.29) is 42.1 Å². The van der Waals surface area contributed by atoms with E-state index in [2.05, 4.69) is 22.8 Å². The summed E-state index contributed by atoms with van der Waals surface area (Å²) in [6.07, 6.45) is 5.44. The molecule has 3 amide bonds. The van der Waals surface area contributed by atoms with E-state index in [9.17, 15) is 14.4 Å². The summed E-state index contributed by atoms with van der Waals surface area (Å²) in [5, 5.41) is 5.70. The quantitative estimate of drug-likeness (QED) is 0.535. The molecule has 3 rings (SSSR count). The second-order valence-electron chi connectivity index (χ2n) is 8.60. The van der Waals surface area contributed by atoms with Crippen LogP contribution in [0.3, 0.4) is 0 Å². The molecule has 1 saturated carbocycles. The number of hydrogen-bond donors (Lipinski definition) is 3. The maximum Gasteiger partial charge on any atom is 0.239 e. The first-order chi connectivity index (χ1) is 15.5. The van der Waals surface area contributed by atoms with Crippen LogP contribution >= 0.6 is 0 Å². The number of carbonyl (C=O) groups is 3. The van der Waals surface area contributed by atoms with Gasteiger partial charge in [0.15, 0.2) is 0 Å². The van der Waals surface area contributed by atoms with E-state index in [1.54, 1.807) is 0 Å². The Kier molecular flexibility index (Phi) is 8.84. The number of primary amides is 1. The number of nitrogens with two attached hydrogens (primary N) is 1. The molecule has 0 heterocycles. The molecule has 6 heteroatoms. The summed E-state index contributed by atoms with van der Waals surface area (Å²) in [5.74, 6) is -1.35. The normalized spacial score (nSPS) is 19.0. The fraction of sp³-hybridized carbons (Fsp3) is 0.423. The summed E-state index contributed by atoms with van der Waals surface area (Å²) in [6, 6.07) is 19.8. The van der Waals surface area contributed by atoms with Gasteiger partial charge in [-0.15, -0.1) is 0 Å². The lowest BCUT2D eigenvalue weighted by Gasteiger charge is -2.30. The van der Waals surface area contributed by atoms with E-state index < -0.39 is 0 Å². The molecule has 0 bridgehead atoms. The first kappa shape index (κ1) is 23.5. The Bertz CT molecular complexity index is 886. The third-order valence-corrected chi connectivity index (χ3v) is 6.22. The number of nitrogens with one attached hydrogen (secondary N) is 2. The van der Waals surface area contributed by atoms with Crippen molar-refractivity contribution >= 4 is 17.7 Å². The van der Waals surface area contributed by atoms with E-state index >= 15 is 0 Å². The molecule has 170 valence electrons. The maximum atomic E-state index is 13.0. The standard InChI is InChI=1S/C26H33N3O3/c27-25(31)22-13-7-8-14-23(22)29-24(30)18-28-26(32)21(17-20-11-5-2-6-12-20)16-15-19-9-3-1-4-10-19/h1-6,9-12,21-23H,7-8,13-18H2,(H2,27,31)(H,28,32)(H,29,30). The van der Waals surface area contributed by atoms with Gasteiger partial charge in [-0.1, -0.05) is 73.5 Å². The summed E-state index contributed by atoms with van der Waals surface area (Å²) in [6.45, 7) is -0.0998. The Morgan fingerprint density at radius 3 is 2.19 bits per heavy atom. The average molecular weight is 436 g/mol. The molecule has 3 unspecified atom stereocenters. The molecule has 0 radical (unpaired) electrons. The first-order valence-corrected chi connectivity index (χ1v) is 11.5. The minimum Gasteiger partial charge on any atom is -0.369 e. The molecular weight excluding hydrogens is 402 g/mol. The van der Waals surface area contributed by atoms with Crippen LogP contribution in [0.4, 0.5) is 0 Å². The number of hydrogen-bond acceptors (Lipinski definition) is 3. The van der Waals surface area contributed by atoms with Crippen molar-refractivity contribution in [1.29, 1.82) is 0 Å². The largest absolute Gasteiger partial charge is 0.369 e. The molecule has 6 nitrogen and oxygen atoms in total. The zero-order chi connectivity index (χ0) is 22.8. The third-order valence-electron chi connectivity index (χ3n) is 6.22. The molecule has 0 spiro atoms. The summed E-state index contributed by atoms with van der Waals surface area (Å²) in [5.41, 5.74) is 7.77. The number of aryl methyl sites for hydroxylation is 1. The lowest BCUT2D eigenvalue weighted by molar-refractivity contribution is -0.130. The Morgan fingerprint density at radius 1 is 0.906 bits per heavy atom. The second kappa shape index (κ2) is 12.0. The molecule has 2 aromatic carbocycles. The van der Waals surface area contributed by atoms with Gasteiger partial charge in [0.25, 0.3) is 0 Å². The molecule has 1 fully saturated rings. The molecule has 0 aromatic heterocycles. The highest BCUT2D eigenvalue weighted by molar-refractivity contribution is 5.86. The van der Waals surface area contributed by atoms with E-state index in [4.69, 9.17) is 5.73 Å². The molecule has 2 aromatic rings. The zero-order valence-electron chi connectivity index (χ0n) is 18.5. The minimum absolute atomic E-state index is 0.0998. The van der Waals surface area contributed by atoms with E-state index in [1.165, 1.54) is 5.56 Å². The summed E-state index contributed by atoms with van der Waals surface area (Å²) in [4.78, 5) is 37.1. The highest BCUT2D eigenvalue weighted by atomic mass is 16.2. The van der Waals surface area contributed by atoms with Gasteiger partial charge in [0, 0.05) is 12.0 Å². The summed E-state index contributed by atoms with van der Waals surface area (Å²) in [7, 11) is 0. The first-order valence-electron chi connectivity index (χ1n) is 11.5. The third kappa shape index (κ3) is 7.22. The Hall–Kier alpha value is -3.15. The number of amides is 3. The number of rotatable bonds is 10. The van der Waals surface area contributed by atoms with Gasteiger partial charge < -0.3 is 16.4 Å². The zero-order valence-corrected chi connectivity index (χ0v) is 18.5. The fourth-order valence-electron chi connectivity index (χ4n) is 4.42. The SMILES string of the molecule is NC(=O)C1CCCCC1NC(=O)CNC(=O)C(CCc1ccccc1)Cc1ccccc1. The van der Waals surface area contributed by atoms with Gasteiger partial charge in [0.2, 0.25) is 17.7 Å². The van der Waals surface area contributed by atoms with Gasteiger partial charge in [0.05, 0.1) is 12.5 Å². The summed E-state index contributed by atoms with van der Waals surface area (Å²) < 4.78 is 0. The van der Waals surface area contributed by atoms with E-state index in [0.29, 0.717) is 19.3 Å². The molecule has 1 aliphatic carbocycles.